The normalized spacial score (nSPS) is 13.7. The molecule has 1 aliphatic rings. The van der Waals surface area contributed by atoms with Gasteiger partial charge >= 0.3 is 0 Å². The summed E-state index contributed by atoms with van der Waals surface area (Å²) in [5, 5.41) is 10.8. The molecule has 1 aromatic rings. The lowest BCUT2D eigenvalue weighted by Crippen LogP contribution is -2.08. The molecule has 0 atom stereocenters. The fourth-order valence-electron chi connectivity index (χ4n) is 2.34. The third-order valence-corrected chi connectivity index (χ3v) is 3.09. The Bertz CT molecular complexity index is 374. The van der Waals surface area contributed by atoms with E-state index >= 15 is 0 Å². The Morgan fingerprint density at radius 1 is 0.947 bits per heavy atom. The highest BCUT2D eigenvalue weighted by molar-refractivity contribution is 5.26. The van der Waals surface area contributed by atoms with Crippen LogP contribution in [-0.4, -0.2) is 12.2 Å². The first-order valence-corrected chi connectivity index (χ1v) is 6.40. The molecule has 1 aliphatic carbocycles. The summed E-state index contributed by atoms with van der Waals surface area (Å²) in [4.78, 5) is 16.7. The van der Waals surface area contributed by atoms with Gasteiger partial charge in [0.15, 0.2) is 0 Å². The van der Waals surface area contributed by atoms with Crippen LogP contribution >= 0.6 is 0 Å². The first-order valence-electron chi connectivity index (χ1n) is 6.40. The second-order valence-corrected chi connectivity index (χ2v) is 4.40. The van der Waals surface area contributed by atoms with E-state index in [9.17, 15) is 0 Å². The van der Waals surface area contributed by atoms with Crippen molar-refractivity contribution in [2.24, 2.45) is 5.92 Å². The van der Waals surface area contributed by atoms with E-state index in [2.05, 4.69) is 30.3 Å². The van der Waals surface area contributed by atoms with Crippen molar-refractivity contribution in [3.8, 4) is 0 Å². The van der Waals surface area contributed by atoms with Gasteiger partial charge < -0.3 is 0 Å². The summed E-state index contributed by atoms with van der Waals surface area (Å²) in [6, 6.07) is 10.9. The van der Waals surface area contributed by atoms with Crippen LogP contribution in [0.4, 0.5) is 0 Å². The zero-order valence-corrected chi connectivity index (χ0v) is 11.0. The number of rotatable bonds is 2. The van der Waals surface area contributed by atoms with Gasteiger partial charge in [0.2, 0.25) is 12.2 Å². The van der Waals surface area contributed by atoms with Crippen LogP contribution in [0, 0.1) is 16.7 Å². The zero-order chi connectivity index (χ0) is 14.3. The lowest BCUT2D eigenvalue weighted by atomic mass is 9.85. The molecule has 4 heteroatoms. The number of carbonyl (C=O) groups excluding carboxylic acids is 2. The monoisotopic (exact) mass is 260 g/mol. The van der Waals surface area contributed by atoms with Crippen molar-refractivity contribution < 1.29 is 9.59 Å². The maximum atomic E-state index is 8.35. The maximum Gasteiger partial charge on any atom is 0.231 e. The van der Waals surface area contributed by atoms with Gasteiger partial charge in [0, 0.05) is 0 Å². The molecule has 0 spiro atoms. The van der Waals surface area contributed by atoms with E-state index in [-0.39, 0.29) is 0 Å². The van der Waals surface area contributed by atoms with E-state index in [4.69, 9.17) is 20.4 Å². The summed E-state index contributed by atoms with van der Waals surface area (Å²) in [6.07, 6.45) is 10.1. The van der Waals surface area contributed by atoms with Gasteiger partial charge in [-0.2, -0.15) is 0 Å². The van der Waals surface area contributed by atoms with Crippen LogP contribution in [0.1, 0.15) is 37.7 Å². The summed E-state index contributed by atoms with van der Waals surface area (Å²) < 4.78 is 0. The van der Waals surface area contributed by atoms with Crippen LogP contribution in [0.2, 0.25) is 0 Å². The van der Waals surface area contributed by atoms with Crippen LogP contribution < -0.4 is 0 Å². The minimum absolute atomic E-state index is 0.750. The molecule has 0 unspecified atom stereocenters. The van der Waals surface area contributed by atoms with Crippen molar-refractivity contribution in [3.05, 3.63) is 35.9 Å². The zero-order valence-electron chi connectivity index (χ0n) is 11.0. The lowest BCUT2D eigenvalue weighted by molar-refractivity contribution is 0.356. The highest BCUT2D eigenvalue weighted by Crippen LogP contribution is 2.26. The molecule has 0 aromatic heterocycles. The molecule has 0 radical (unpaired) electrons. The van der Waals surface area contributed by atoms with E-state index in [1.165, 1.54) is 44.1 Å². The average Bonchev–Trinajstić information content (AvgIpc) is 2.43. The molecule has 1 fully saturated rings. The lowest BCUT2D eigenvalue weighted by Gasteiger charge is -2.21. The van der Waals surface area contributed by atoms with E-state index < -0.39 is 0 Å². The standard InChI is InChI=1S/C13H18.2CHNO/c1-3-7-12(8-4-1)11-13-9-5-2-6-10-13;2*2-1-3/h1,3-4,7-8,13H,2,5-6,9-11H2;2*2H. The molecule has 0 saturated heterocycles. The predicted octanol–water partition coefficient (Wildman–Crippen LogP) is 3.61. The van der Waals surface area contributed by atoms with Crippen molar-refractivity contribution >= 4 is 12.2 Å². The number of nitrogens with one attached hydrogen (secondary N) is 2. The molecule has 1 aromatic carbocycles. The fourth-order valence-corrected chi connectivity index (χ4v) is 2.34. The van der Waals surface area contributed by atoms with Gasteiger partial charge in [0.1, 0.15) is 0 Å². The van der Waals surface area contributed by atoms with Crippen molar-refractivity contribution in [1.82, 2.24) is 0 Å². The summed E-state index contributed by atoms with van der Waals surface area (Å²) in [5.41, 5.74) is 1.52. The molecule has 102 valence electrons. The molecule has 2 rings (SSSR count). The molecule has 4 nitrogen and oxygen atoms in total. The second-order valence-electron chi connectivity index (χ2n) is 4.40. The highest BCUT2D eigenvalue weighted by Gasteiger charge is 2.13. The van der Waals surface area contributed by atoms with E-state index in [0.29, 0.717) is 0 Å². The predicted molar refractivity (Wildman–Crippen MR) is 73.5 cm³/mol. The van der Waals surface area contributed by atoms with Gasteiger partial charge in [0.05, 0.1) is 0 Å². The number of benzene rings is 1. The Labute approximate surface area is 113 Å². The van der Waals surface area contributed by atoms with Crippen LogP contribution in [0.25, 0.3) is 0 Å². The Balaban J connectivity index is 0.000000465. The van der Waals surface area contributed by atoms with Gasteiger partial charge in [-0.15, -0.1) is 0 Å². The van der Waals surface area contributed by atoms with Crippen LogP contribution in [0.15, 0.2) is 30.3 Å². The van der Waals surface area contributed by atoms with Crippen LogP contribution in [0.5, 0.6) is 0 Å². The third kappa shape index (κ3) is 9.66. The van der Waals surface area contributed by atoms with Gasteiger partial charge in [-0.1, -0.05) is 62.4 Å². The molecule has 1 saturated carbocycles. The van der Waals surface area contributed by atoms with Crippen LogP contribution in [0.3, 0.4) is 0 Å². The quantitative estimate of drug-likeness (QED) is 0.629. The minimum atomic E-state index is 0.750. The summed E-state index contributed by atoms with van der Waals surface area (Å²) >= 11 is 0. The minimum Gasteiger partial charge on any atom is -0.222 e. The third-order valence-electron chi connectivity index (χ3n) is 3.09. The topological polar surface area (TPSA) is 81.8 Å². The fraction of sp³-hybridized carbons (Fsp3) is 0.467. The summed E-state index contributed by atoms with van der Waals surface area (Å²) in [5.74, 6) is 0.969. The largest absolute Gasteiger partial charge is 0.231 e. The van der Waals surface area contributed by atoms with Crippen molar-refractivity contribution in [2.75, 3.05) is 0 Å². The average molecular weight is 260 g/mol. The van der Waals surface area contributed by atoms with E-state index in [1.54, 1.807) is 0 Å². The first-order chi connectivity index (χ1) is 9.28. The molecule has 0 aliphatic heterocycles. The SMILES string of the molecule is N=C=O.N=C=O.c1ccc(CC2CCCCC2)cc1. The Morgan fingerprint density at radius 3 is 1.89 bits per heavy atom. The maximum absolute atomic E-state index is 8.35. The molecule has 2 N–H and O–H groups in total. The molecule has 19 heavy (non-hydrogen) atoms. The molecular weight excluding hydrogens is 240 g/mol. The van der Waals surface area contributed by atoms with Crippen molar-refractivity contribution in [3.63, 3.8) is 0 Å². The Morgan fingerprint density at radius 2 is 1.42 bits per heavy atom. The Hall–Kier alpha value is -2.02. The molecular formula is C15H20N2O2. The van der Waals surface area contributed by atoms with Crippen LogP contribution in [-0.2, 0) is 16.0 Å². The smallest absolute Gasteiger partial charge is 0.222 e. The van der Waals surface area contributed by atoms with Gasteiger partial charge in [-0.05, 0) is 17.9 Å². The van der Waals surface area contributed by atoms with Gasteiger partial charge in [-0.25, -0.2) is 20.4 Å². The van der Waals surface area contributed by atoms with Crippen molar-refractivity contribution in [2.45, 2.75) is 38.5 Å². The summed E-state index contributed by atoms with van der Waals surface area (Å²) in [7, 11) is 0. The van der Waals surface area contributed by atoms with Crippen molar-refractivity contribution in [1.29, 1.82) is 10.8 Å². The molecule has 0 amide bonds. The number of hydrogen-bond donors (Lipinski definition) is 2. The molecule has 0 heterocycles. The number of hydrogen-bond acceptors (Lipinski definition) is 4. The number of isocyanates is 2. The van der Waals surface area contributed by atoms with E-state index in [1.807, 2.05) is 0 Å². The Kier molecular flexibility index (Phi) is 11.1. The highest BCUT2D eigenvalue weighted by atomic mass is 16.1. The first kappa shape index (κ1) is 17.0. The van der Waals surface area contributed by atoms with Gasteiger partial charge in [0.25, 0.3) is 0 Å². The van der Waals surface area contributed by atoms with E-state index in [0.717, 1.165) is 18.1 Å². The molecule has 0 bridgehead atoms. The second kappa shape index (κ2) is 12.4. The van der Waals surface area contributed by atoms with Gasteiger partial charge in [-0.3, -0.25) is 0 Å². The summed E-state index contributed by atoms with van der Waals surface area (Å²) in [6.45, 7) is 0.